The lowest BCUT2D eigenvalue weighted by Crippen LogP contribution is -2.51. The molecule has 1 heterocycles. The number of nitrogens with zero attached hydrogens (tertiary/aromatic N) is 2. The van der Waals surface area contributed by atoms with Crippen LogP contribution in [0.25, 0.3) is 6.08 Å². The van der Waals surface area contributed by atoms with Crippen molar-refractivity contribution in [2.75, 3.05) is 45.5 Å². The van der Waals surface area contributed by atoms with Crippen molar-refractivity contribution >= 4 is 29.6 Å². The van der Waals surface area contributed by atoms with Crippen molar-refractivity contribution in [1.82, 2.24) is 15.1 Å². The standard InChI is InChI=1S/C29H38N4OS/c1-35-27-14-8-7-13-26(27)29(30)33-19-17-32(18-20-33)22-25-12-6-5-11-24(25)21-31-28(34)16-15-23-9-3-2-4-10-23/h2-4,7-10,13-16,24-25,30H,5-6,11-12,17-22H2,1H3,(H,31,34)/b16-15+,30-29?/t24?,25-/m1/s1. The number of piperazine rings is 1. The quantitative estimate of drug-likeness (QED) is 0.237. The van der Waals surface area contributed by atoms with Gasteiger partial charge in [0.2, 0.25) is 5.91 Å². The average Bonchev–Trinajstić information content (AvgIpc) is 2.92. The van der Waals surface area contributed by atoms with Crippen molar-refractivity contribution in [3.63, 3.8) is 0 Å². The third-order valence-corrected chi connectivity index (χ3v) is 8.17. The lowest BCUT2D eigenvalue weighted by Gasteiger charge is -2.40. The molecule has 4 rings (SSSR count). The van der Waals surface area contributed by atoms with Gasteiger partial charge in [-0.3, -0.25) is 15.1 Å². The van der Waals surface area contributed by atoms with Crippen molar-refractivity contribution in [1.29, 1.82) is 5.41 Å². The summed E-state index contributed by atoms with van der Waals surface area (Å²) in [6, 6.07) is 18.2. The highest BCUT2D eigenvalue weighted by Gasteiger charge is 2.29. The first-order valence-corrected chi connectivity index (χ1v) is 14.1. The molecule has 6 heteroatoms. The highest BCUT2D eigenvalue weighted by Crippen LogP contribution is 2.31. The van der Waals surface area contributed by atoms with Crippen LogP contribution in [0.3, 0.4) is 0 Å². The first-order valence-electron chi connectivity index (χ1n) is 12.8. The topological polar surface area (TPSA) is 59.4 Å². The number of thioether (sulfide) groups is 1. The van der Waals surface area contributed by atoms with E-state index in [0.29, 0.717) is 17.7 Å². The first kappa shape index (κ1) is 25.5. The van der Waals surface area contributed by atoms with Crippen LogP contribution in [0, 0.1) is 17.2 Å². The molecular weight excluding hydrogens is 452 g/mol. The van der Waals surface area contributed by atoms with Gasteiger partial charge in [-0.05, 0) is 48.6 Å². The molecule has 0 radical (unpaired) electrons. The van der Waals surface area contributed by atoms with E-state index in [2.05, 4.69) is 33.5 Å². The number of benzene rings is 2. The number of hydrogen-bond donors (Lipinski definition) is 2. The highest BCUT2D eigenvalue weighted by atomic mass is 32.2. The van der Waals surface area contributed by atoms with Gasteiger partial charge in [0, 0.05) is 55.8 Å². The Kier molecular flexibility index (Phi) is 9.43. The van der Waals surface area contributed by atoms with E-state index >= 15 is 0 Å². The van der Waals surface area contributed by atoms with Crippen molar-refractivity contribution in [3.05, 3.63) is 71.8 Å². The molecule has 1 saturated heterocycles. The number of amidine groups is 1. The monoisotopic (exact) mass is 490 g/mol. The Hall–Kier alpha value is -2.57. The van der Waals surface area contributed by atoms with E-state index in [1.54, 1.807) is 17.8 Å². The molecule has 2 atom stereocenters. The van der Waals surface area contributed by atoms with E-state index in [1.165, 1.54) is 30.6 Å². The summed E-state index contributed by atoms with van der Waals surface area (Å²) < 4.78 is 0. The van der Waals surface area contributed by atoms with Crippen molar-refractivity contribution in [2.45, 2.75) is 30.6 Å². The largest absolute Gasteiger partial charge is 0.354 e. The Balaban J connectivity index is 1.25. The fourth-order valence-corrected chi connectivity index (χ4v) is 5.92. The summed E-state index contributed by atoms with van der Waals surface area (Å²) in [6.07, 6.45) is 10.6. The number of nitrogens with one attached hydrogen (secondary N) is 2. The molecule has 186 valence electrons. The van der Waals surface area contributed by atoms with Crippen LogP contribution in [-0.4, -0.2) is 67.1 Å². The Morgan fingerprint density at radius 3 is 2.43 bits per heavy atom. The van der Waals surface area contributed by atoms with Crippen LogP contribution in [0.15, 0.2) is 65.6 Å². The van der Waals surface area contributed by atoms with Gasteiger partial charge in [-0.15, -0.1) is 11.8 Å². The van der Waals surface area contributed by atoms with Crippen LogP contribution in [0.1, 0.15) is 36.8 Å². The summed E-state index contributed by atoms with van der Waals surface area (Å²) in [5.74, 6) is 1.82. The number of carbonyl (C=O) groups is 1. The minimum Gasteiger partial charge on any atom is -0.354 e. The molecule has 2 N–H and O–H groups in total. The number of amides is 1. The van der Waals surface area contributed by atoms with Crippen LogP contribution in [0.4, 0.5) is 0 Å². The molecule has 2 aliphatic rings. The van der Waals surface area contributed by atoms with Crippen LogP contribution in [0.5, 0.6) is 0 Å². The first-order chi connectivity index (χ1) is 17.1. The molecule has 0 aromatic heterocycles. The van der Waals surface area contributed by atoms with E-state index < -0.39 is 0 Å². The minimum atomic E-state index is -0.00386. The van der Waals surface area contributed by atoms with E-state index in [4.69, 9.17) is 5.41 Å². The molecule has 2 aromatic carbocycles. The molecule has 5 nitrogen and oxygen atoms in total. The second kappa shape index (κ2) is 12.9. The van der Waals surface area contributed by atoms with Crippen LogP contribution >= 0.6 is 11.8 Å². The molecule has 1 saturated carbocycles. The third-order valence-electron chi connectivity index (χ3n) is 7.38. The summed E-state index contributed by atoms with van der Waals surface area (Å²) in [4.78, 5) is 18.4. The molecule has 35 heavy (non-hydrogen) atoms. The zero-order valence-corrected chi connectivity index (χ0v) is 21.6. The number of hydrogen-bond acceptors (Lipinski definition) is 4. The maximum absolute atomic E-state index is 12.4. The lowest BCUT2D eigenvalue weighted by molar-refractivity contribution is -0.116. The van der Waals surface area contributed by atoms with Gasteiger partial charge in [-0.25, -0.2) is 0 Å². The van der Waals surface area contributed by atoms with E-state index in [-0.39, 0.29) is 5.91 Å². The maximum Gasteiger partial charge on any atom is 0.244 e. The van der Waals surface area contributed by atoms with Crippen LogP contribution in [-0.2, 0) is 4.79 Å². The maximum atomic E-state index is 12.4. The normalized spacial score (nSPS) is 21.2. The summed E-state index contributed by atoms with van der Waals surface area (Å²) >= 11 is 1.71. The average molecular weight is 491 g/mol. The fourth-order valence-electron chi connectivity index (χ4n) is 5.32. The fraction of sp³-hybridized carbons (Fsp3) is 0.448. The van der Waals surface area contributed by atoms with Crippen LogP contribution in [0.2, 0.25) is 0 Å². The molecule has 1 unspecified atom stereocenters. The molecule has 1 aliphatic carbocycles. The predicted octanol–water partition coefficient (Wildman–Crippen LogP) is 4.99. The van der Waals surface area contributed by atoms with Crippen LogP contribution < -0.4 is 5.32 Å². The van der Waals surface area contributed by atoms with E-state index in [1.807, 2.05) is 48.5 Å². The Morgan fingerprint density at radius 2 is 1.69 bits per heavy atom. The van der Waals surface area contributed by atoms with Crippen molar-refractivity contribution < 1.29 is 4.79 Å². The van der Waals surface area contributed by atoms with Crippen molar-refractivity contribution in [3.8, 4) is 0 Å². The van der Waals surface area contributed by atoms with Gasteiger partial charge in [0.15, 0.2) is 0 Å². The molecule has 2 fully saturated rings. The summed E-state index contributed by atoms with van der Waals surface area (Å²) in [5, 5.41) is 11.9. The second-order valence-corrected chi connectivity index (χ2v) is 10.5. The van der Waals surface area contributed by atoms with Gasteiger partial charge >= 0.3 is 0 Å². The minimum absolute atomic E-state index is 0.00386. The van der Waals surface area contributed by atoms with Gasteiger partial charge in [0.25, 0.3) is 0 Å². The summed E-state index contributed by atoms with van der Waals surface area (Å²) in [7, 11) is 0. The Morgan fingerprint density at radius 1 is 1.00 bits per heavy atom. The SMILES string of the molecule is CSc1ccccc1C(=N)N1CCN(C[C@H]2CCCCC2CNC(=O)/C=C/c2ccccc2)CC1. The summed E-state index contributed by atoms with van der Waals surface area (Å²) in [6.45, 7) is 5.67. The third kappa shape index (κ3) is 7.21. The molecule has 0 bridgehead atoms. The Labute approximate surface area is 214 Å². The van der Waals surface area contributed by atoms with E-state index in [0.717, 1.165) is 50.4 Å². The second-order valence-electron chi connectivity index (χ2n) is 9.63. The van der Waals surface area contributed by atoms with Gasteiger partial charge in [0.05, 0.1) is 0 Å². The highest BCUT2D eigenvalue weighted by molar-refractivity contribution is 7.98. The summed E-state index contributed by atoms with van der Waals surface area (Å²) in [5.41, 5.74) is 2.08. The van der Waals surface area contributed by atoms with E-state index in [9.17, 15) is 4.79 Å². The Bertz CT molecular complexity index is 1000. The molecule has 0 spiro atoms. The van der Waals surface area contributed by atoms with Gasteiger partial charge < -0.3 is 10.2 Å². The lowest BCUT2D eigenvalue weighted by atomic mass is 9.78. The smallest absolute Gasteiger partial charge is 0.244 e. The zero-order chi connectivity index (χ0) is 24.5. The molecule has 2 aromatic rings. The number of rotatable bonds is 8. The molecular formula is C29H38N4OS. The van der Waals surface area contributed by atoms with Gasteiger partial charge in [-0.2, -0.15) is 0 Å². The predicted molar refractivity (Wildman–Crippen MR) is 147 cm³/mol. The van der Waals surface area contributed by atoms with Gasteiger partial charge in [0.1, 0.15) is 5.84 Å². The van der Waals surface area contributed by atoms with Gasteiger partial charge in [-0.1, -0.05) is 61.4 Å². The molecule has 1 aliphatic heterocycles. The number of carbonyl (C=O) groups excluding carboxylic acids is 1. The molecule has 1 amide bonds. The van der Waals surface area contributed by atoms with Crippen molar-refractivity contribution in [2.24, 2.45) is 11.8 Å². The zero-order valence-electron chi connectivity index (χ0n) is 20.8.